The molecule has 0 radical (unpaired) electrons. The lowest BCUT2D eigenvalue weighted by Gasteiger charge is -2.13. The van der Waals surface area contributed by atoms with E-state index in [9.17, 15) is 0 Å². The predicted molar refractivity (Wildman–Crippen MR) is 81.4 cm³/mol. The van der Waals surface area contributed by atoms with E-state index in [1.165, 1.54) is 10.8 Å². The number of fused-ring (bicyclic) bond motifs is 1. The van der Waals surface area contributed by atoms with E-state index in [4.69, 9.17) is 17.3 Å². The van der Waals surface area contributed by atoms with Crippen molar-refractivity contribution in [1.29, 1.82) is 0 Å². The summed E-state index contributed by atoms with van der Waals surface area (Å²) in [4.78, 5) is 0. The first-order valence-electron chi connectivity index (χ1n) is 6.24. The third kappa shape index (κ3) is 2.48. The summed E-state index contributed by atoms with van der Waals surface area (Å²) in [6.07, 6.45) is 0. The van der Waals surface area contributed by atoms with Crippen LogP contribution in [-0.4, -0.2) is 0 Å². The average molecular weight is 268 g/mol. The van der Waals surface area contributed by atoms with Gasteiger partial charge in [0.25, 0.3) is 0 Å². The molecule has 0 saturated carbocycles. The fourth-order valence-electron chi connectivity index (χ4n) is 2.29. The minimum absolute atomic E-state index is 0.150. The van der Waals surface area contributed by atoms with Gasteiger partial charge in [-0.2, -0.15) is 0 Å². The number of benzene rings is 3. The molecule has 0 saturated heterocycles. The Morgan fingerprint density at radius 1 is 0.737 bits per heavy atom. The van der Waals surface area contributed by atoms with E-state index in [0.29, 0.717) is 5.02 Å². The Labute approximate surface area is 117 Å². The molecule has 3 rings (SSSR count). The Bertz CT molecular complexity index is 721. The number of hydrogen-bond donors (Lipinski definition) is 1. The topological polar surface area (TPSA) is 26.0 Å². The predicted octanol–water partition coefficient (Wildman–Crippen LogP) is 4.54. The molecule has 1 unspecified atom stereocenters. The summed E-state index contributed by atoms with van der Waals surface area (Å²) < 4.78 is 0. The summed E-state index contributed by atoms with van der Waals surface area (Å²) in [6, 6.07) is 22.2. The van der Waals surface area contributed by atoms with Crippen LogP contribution < -0.4 is 5.73 Å². The Balaban J connectivity index is 2.04. The molecule has 2 N–H and O–H groups in total. The van der Waals surface area contributed by atoms with E-state index in [0.717, 1.165) is 11.1 Å². The number of hydrogen-bond acceptors (Lipinski definition) is 1. The first kappa shape index (κ1) is 12.2. The molecule has 0 spiro atoms. The lowest BCUT2D eigenvalue weighted by molar-refractivity contribution is 0.873. The largest absolute Gasteiger partial charge is 0.320 e. The summed E-state index contributed by atoms with van der Waals surface area (Å²) in [5, 5.41) is 3.15. The van der Waals surface area contributed by atoms with Gasteiger partial charge in [0.2, 0.25) is 0 Å². The van der Waals surface area contributed by atoms with E-state index in [1.54, 1.807) is 0 Å². The molecular formula is C17H14ClN. The zero-order chi connectivity index (χ0) is 13.2. The molecule has 0 bridgehead atoms. The highest BCUT2D eigenvalue weighted by Gasteiger charge is 2.09. The second kappa shape index (κ2) is 5.04. The van der Waals surface area contributed by atoms with Gasteiger partial charge in [0.05, 0.1) is 6.04 Å². The molecular weight excluding hydrogens is 254 g/mol. The molecule has 0 aliphatic rings. The number of rotatable bonds is 2. The Morgan fingerprint density at radius 3 is 2.26 bits per heavy atom. The molecule has 0 heterocycles. The smallest absolute Gasteiger partial charge is 0.0552 e. The van der Waals surface area contributed by atoms with Crippen LogP contribution >= 0.6 is 11.6 Å². The maximum Gasteiger partial charge on any atom is 0.0552 e. The van der Waals surface area contributed by atoms with Crippen molar-refractivity contribution in [3.63, 3.8) is 0 Å². The van der Waals surface area contributed by atoms with E-state index in [2.05, 4.69) is 30.3 Å². The van der Waals surface area contributed by atoms with Crippen LogP contribution in [0.25, 0.3) is 10.8 Å². The number of halogens is 1. The first-order valence-corrected chi connectivity index (χ1v) is 6.61. The van der Waals surface area contributed by atoms with Crippen molar-refractivity contribution >= 4 is 22.4 Å². The molecule has 19 heavy (non-hydrogen) atoms. The molecule has 0 fully saturated rings. The van der Waals surface area contributed by atoms with Gasteiger partial charge in [0, 0.05) is 5.02 Å². The van der Waals surface area contributed by atoms with Gasteiger partial charge < -0.3 is 5.73 Å². The van der Waals surface area contributed by atoms with Crippen molar-refractivity contribution in [1.82, 2.24) is 0 Å². The maximum atomic E-state index is 6.32. The summed E-state index contributed by atoms with van der Waals surface area (Å²) in [5.41, 5.74) is 8.45. The van der Waals surface area contributed by atoms with Crippen molar-refractivity contribution < 1.29 is 0 Å². The van der Waals surface area contributed by atoms with Crippen molar-refractivity contribution in [3.8, 4) is 0 Å². The van der Waals surface area contributed by atoms with Gasteiger partial charge in [-0.1, -0.05) is 60.1 Å². The molecule has 0 aromatic heterocycles. The molecule has 1 nitrogen and oxygen atoms in total. The van der Waals surface area contributed by atoms with Crippen LogP contribution in [0.4, 0.5) is 0 Å². The van der Waals surface area contributed by atoms with Crippen molar-refractivity contribution in [2.75, 3.05) is 0 Å². The first-order chi connectivity index (χ1) is 9.24. The van der Waals surface area contributed by atoms with Gasteiger partial charge in [0.15, 0.2) is 0 Å². The third-order valence-corrected chi connectivity index (χ3v) is 3.58. The fourth-order valence-corrected chi connectivity index (χ4v) is 2.49. The lowest BCUT2D eigenvalue weighted by Crippen LogP contribution is -2.11. The van der Waals surface area contributed by atoms with E-state index < -0.39 is 0 Å². The molecule has 0 aliphatic carbocycles. The Kier molecular flexibility index (Phi) is 3.24. The maximum absolute atomic E-state index is 6.32. The highest BCUT2D eigenvalue weighted by atomic mass is 35.5. The Morgan fingerprint density at radius 2 is 1.47 bits per heavy atom. The quantitative estimate of drug-likeness (QED) is 0.725. The van der Waals surface area contributed by atoms with E-state index in [1.807, 2.05) is 36.4 Å². The number of nitrogens with two attached hydrogens (primary N) is 1. The molecule has 0 amide bonds. The average Bonchev–Trinajstić information content (AvgIpc) is 2.46. The van der Waals surface area contributed by atoms with Crippen molar-refractivity contribution in [3.05, 3.63) is 82.9 Å². The lowest BCUT2D eigenvalue weighted by atomic mass is 9.97. The highest BCUT2D eigenvalue weighted by Crippen LogP contribution is 2.25. The summed E-state index contributed by atoms with van der Waals surface area (Å²) >= 11 is 6.02. The van der Waals surface area contributed by atoms with E-state index in [-0.39, 0.29) is 6.04 Å². The zero-order valence-corrected chi connectivity index (χ0v) is 11.1. The second-order valence-electron chi connectivity index (χ2n) is 4.64. The molecule has 2 heteroatoms. The van der Waals surface area contributed by atoms with Gasteiger partial charge in [-0.05, 0) is 40.1 Å². The van der Waals surface area contributed by atoms with Gasteiger partial charge in [-0.15, -0.1) is 0 Å². The molecule has 0 aliphatic heterocycles. The van der Waals surface area contributed by atoms with Crippen LogP contribution in [0.1, 0.15) is 17.2 Å². The third-order valence-electron chi connectivity index (χ3n) is 3.34. The summed E-state index contributed by atoms with van der Waals surface area (Å²) in [6.45, 7) is 0. The standard InChI is InChI=1S/C17H14ClN/c18-16-7-3-6-14(11-16)17(19)15-9-8-12-4-1-2-5-13(12)10-15/h1-11,17H,19H2. The monoisotopic (exact) mass is 267 g/mol. The van der Waals surface area contributed by atoms with Crippen LogP contribution in [0.5, 0.6) is 0 Å². The minimum atomic E-state index is -0.150. The van der Waals surface area contributed by atoms with Crippen LogP contribution in [0, 0.1) is 0 Å². The molecule has 1 atom stereocenters. The van der Waals surface area contributed by atoms with Crippen LogP contribution in [0.3, 0.4) is 0 Å². The Hall–Kier alpha value is -1.83. The van der Waals surface area contributed by atoms with Crippen molar-refractivity contribution in [2.24, 2.45) is 5.73 Å². The van der Waals surface area contributed by atoms with E-state index >= 15 is 0 Å². The molecule has 3 aromatic rings. The molecule has 3 aromatic carbocycles. The SMILES string of the molecule is NC(c1cccc(Cl)c1)c1ccc2ccccc2c1. The normalized spacial score (nSPS) is 12.5. The van der Waals surface area contributed by atoms with Gasteiger partial charge in [-0.3, -0.25) is 0 Å². The summed E-state index contributed by atoms with van der Waals surface area (Å²) in [7, 11) is 0. The van der Waals surface area contributed by atoms with Crippen LogP contribution in [0.2, 0.25) is 5.02 Å². The fraction of sp³-hybridized carbons (Fsp3) is 0.0588. The highest BCUT2D eigenvalue weighted by molar-refractivity contribution is 6.30. The summed E-state index contributed by atoms with van der Waals surface area (Å²) in [5.74, 6) is 0. The van der Waals surface area contributed by atoms with Crippen molar-refractivity contribution in [2.45, 2.75) is 6.04 Å². The molecule has 94 valence electrons. The van der Waals surface area contributed by atoms with Gasteiger partial charge >= 0.3 is 0 Å². The van der Waals surface area contributed by atoms with Gasteiger partial charge in [0.1, 0.15) is 0 Å². The van der Waals surface area contributed by atoms with Crippen LogP contribution in [0.15, 0.2) is 66.7 Å². The van der Waals surface area contributed by atoms with Crippen LogP contribution in [-0.2, 0) is 0 Å². The van der Waals surface area contributed by atoms with Gasteiger partial charge in [-0.25, -0.2) is 0 Å². The second-order valence-corrected chi connectivity index (χ2v) is 5.08. The minimum Gasteiger partial charge on any atom is -0.320 e. The zero-order valence-electron chi connectivity index (χ0n) is 10.4.